The molecule has 0 bridgehead atoms. The van der Waals surface area contributed by atoms with Crippen molar-refractivity contribution in [3.63, 3.8) is 0 Å². The van der Waals surface area contributed by atoms with Crippen LogP contribution in [0.4, 0.5) is 17.2 Å². The van der Waals surface area contributed by atoms with Gasteiger partial charge in [-0.2, -0.15) is 0 Å². The minimum Gasteiger partial charge on any atom is -0.340 e. The minimum atomic E-state index is -0.302. The van der Waals surface area contributed by atoms with E-state index >= 15 is 0 Å². The van der Waals surface area contributed by atoms with Crippen LogP contribution in [0.3, 0.4) is 0 Å². The van der Waals surface area contributed by atoms with Crippen LogP contribution in [-0.2, 0) is 10.2 Å². The van der Waals surface area contributed by atoms with Gasteiger partial charge in [0.1, 0.15) is 11.5 Å². The third-order valence-electron chi connectivity index (χ3n) is 6.84. The Bertz CT molecular complexity index is 1510. The van der Waals surface area contributed by atoms with E-state index < -0.39 is 0 Å². The Morgan fingerprint density at radius 1 is 1.06 bits per heavy atom. The molecule has 2 aromatic carbocycles. The first-order valence-corrected chi connectivity index (χ1v) is 12.9. The standard InChI is InChI=1S/C29H24N4OS/c1-2-35-22-8-6-21(7-9-22)32-27-17-23-20(18-31-27)12-15-30-25(23)11-5-19-4-10-24-26(16-19)33-28(34)29(24)13-3-14-29/h4,6-10,12,15-18H,2-3,13-14H2,1H3,(H,31,32)(H,33,34). The normalized spacial score (nSPS) is 15.2. The van der Waals surface area contributed by atoms with Crippen LogP contribution in [0.15, 0.2) is 71.9 Å². The zero-order chi connectivity index (χ0) is 23.8. The van der Waals surface area contributed by atoms with E-state index in [1.165, 1.54) is 4.90 Å². The molecule has 172 valence electrons. The maximum absolute atomic E-state index is 12.5. The Kier molecular flexibility index (Phi) is 5.43. The highest BCUT2D eigenvalue weighted by molar-refractivity contribution is 7.99. The first kappa shape index (κ1) is 21.7. The van der Waals surface area contributed by atoms with Gasteiger partial charge in [-0.25, -0.2) is 9.97 Å². The molecule has 1 amide bonds. The molecular formula is C29H24N4OS. The van der Waals surface area contributed by atoms with Crippen LogP contribution in [0, 0.1) is 11.8 Å². The van der Waals surface area contributed by atoms with Gasteiger partial charge in [0.05, 0.1) is 5.41 Å². The van der Waals surface area contributed by atoms with Gasteiger partial charge in [-0.15, -0.1) is 11.8 Å². The van der Waals surface area contributed by atoms with Crippen molar-refractivity contribution in [1.29, 1.82) is 0 Å². The maximum Gasteiger partial charge on any atom is 0.235 e. The molecule has 6 heteroatoms. The van der Waals surface area contributed by atoms with Crippen molar-refractivity contribution in [2.75, 3.05) is 16.4 Å². The fourth-order valence-corrected chi connectivity index (χ4v) is 5.51. The van der Waals surface area contributed by atoms with Crippen LogP contribution in [0.25, 0.3) is 10.8 Å². The number of pyridine rings is 2. The number of nitrogens with zero attached hydrogens (tertiary/aromatic N) is 2. The van der Waals surface area contributed by atoms with Crippen molar-refractivity contribution in [3.05, 3.63) is 83.8 Å². The van der Waals surface area contributed by atoms with E-state index in [9.17, 15) is 4.79 Å². The number of benzene rings is 2. The quantitative estimate of drug-likeness (QED) is 0.269. The number of carbonyl (C=O) groups excluding carboxylic acids is 1. The summed E-state index contributed by atoms with van der Waals surface area (Å²) in [6.45, 7) is 2.15. The summed E-state index contributed by atoms with van der Waals surface area (Å²) in [5.41, 5.74) is 4.25. The SMILES string of the molecule is CCSc1ccc(Nc2cc3c(C#Cc4ccc5c(c4)NC(=O)C54CCC4)nccc3cn2)cc1. The van der Waals surface area contributed by atoms with E-state index in [-0.39, 0.29) is 11.3 Å². The van der Waals surface area contributed by atoms with Crippen LogP contribution in [0.5, 0.6) is 0 Å². The number of nitrogens with one attached hydrogen (secondary N) is 2. The van der Waals surface area contributed by atoms with Gasteiger partial charge in [-0.1, -0.05) is 25.3 Å². The van der Waals surface area contributed by atoms with E-state index in [0.29, 0.717) is 5.69 Å². The molecule has 1 aliphatic heterocycles. The van der Waals surface area contributed by atoms with Crippen molar-refractivity contribution in [2.45, 2.75) is 36.5 Å². The van der Waals surface area contributed by atoms with Crippen molar-refractivity contribution in [1.82, 2.24) is 9.97 Å². The molecule has 1 spiro atoms. The summed E-state index contributed by atoms with van der Waals surface area (Å²) in [5, 5.41) is 8.37. The van der Waals surface area contributed by atoms with Crippen molar-refractivity contribution >= 4 is 45.6 Å². The third-order valence-corrected chi connectivity index (χ3v) is 7.73. The molecule has 1 saturated carbocycles. The molecule has 3 heterocycles. The molecule has 0 atom stereocenters. The van der Waals surface area contributed by atoms with E-state index in [1.807, 2.05) is 42.2 Å². The zero-order valence-corrected chi connectivity index (χ0v) is 20.2. The Balaban J connectivity index is 1.28. The van der Waals surface area contributed by atoms with Gasteiger partial charge in [0.25, 0.3) is 0 Å². The number of fused-ring (bicyclic) bond motifs is 3. The van der Waals surface area contributed by atoms with Gasteiger partial charge < -0.3 is 10.6 Å². The minimum absolute atomic E-state index is 0.130. The molecule has 6 rings (SSSR count). The molecule has 1 fully saturated rings. The number of anilines is 3. The van der Waals surface area contributed by atoms with Crippen LogP contribution in [0.1, 0.15) is 43.0 Å². The monoisotopic (exact) mass is 476 g/mol. The number of amides is 1. The summed E-state index contributed by atoms with van der Waals surface area (Å²) >= 11 is 1.82. The number of hydrogen-bond donors (Lipinski definition) is 2. The van der Waals surface area contributed by atoms with Gasteiger partial charge in [0.2, 0.25) is 5.91 Å². The lowest BCUT2D eigenvalue weighted by molar-refractivity contribution is -0.123. The van der Waals surface area contributed by atoms with Crippen LogP contribution < -0.4 is 10.6 Å². The summed E-state index contributed by atoms with van der Waals surface area (Å²) < 4.78 is 0. The van der Waals surface area contributed by atoms with Gasteiger partial charge in [-0.3, -0.25) is 4.79 Å². The predicted molar refractivity (Wildman–Crippen MR) is 142 cm³/mol. The molecule has 2 aromatic heterocycles. The van der Waals surface area contributed by atoms with E-state index in [2.05, 4.69) is 69.7 Å². The Morgan fingerprint density at radius 3 is 2.69 bits per heavy atom. The second-order valence-electron chi connectivity index (χ2n) is 8.93. The van der Waals surface area contributed by atoms with E-state index in [1.54, 1.807) is 6.20 Å². The largest absolute Gasteiger partial charge is 0.340 e. The number of aromatic nitrogens is 2. The molecule has 4 aromatic rings. The maximum atomic E-state index is 12.5. The number of hydrogen-bond acceptors (Lipinski definition) is 5. The van der Waals surface area contributed by atoms with Crippen LogP contribution >= 0.6 is 11.8 Å². The summed E-state index contributed by atoms with van der Waals surface area (Å²) in [6.07, 6.45) is 6.57. The van der Waals surface area contributed by atoms with E-state index in [0.717, 1.165) is 64.1 Å². The summed E-state index contributed by atoms with van der Waals surface area (Å²) in [6, 6.07) is 18.3. The fourth-order valence-electron chi connectivity index (χ4n) is 4.85. The second kappa shape index (κ2) is 8.75. The van der Waals surface area contributed by atoms with Crippen molar-refractivity contribution in [3.8, 4) is 11.8 Å². The highest BCUT2D eigenvalue weighted by Crippen LogP contribution is 2.51. The van der Waals surface area contributed by atoms with Gasteiger partial charge in [0, 0.05) is 45.0 Å². The molecule has 2 aliphatic rings. The van der Waals surface area contributed by atoms with Crippen molar-refractivity contribution in [2.24, 2.45) is 0 Å². The average molecular weight is 477 g/mol. The van der Waals surface area contributed by atoms with Gasteiger partial charge in [0.15, 0.2) is 0 Å². The summed E-state index contributed by atoms with van der Waals surface area (Å²) in [5.74, 6) is 8.41. The smallest absolute Gasteiger partial charge is 0.235 e. The fraction of sp³-hybridized carbons (Fsp3) is 0.207. The molecule has 0 unspecified atom stereocenters. The first-order valence-electron chi connectivity index (χ1n) is 11.9. The van der Waals surface area contributed by atoms with E-state index in [4.69, 9.17) is 0 Å². The lowest BCUT2D eigenvalue weighted by Crippen LogP contribution is -2.40. The predicted octanol–water partition coefficient (Wildman–Crippen LogP) is 6.26. The molecule has 2 N–H and O–H groups in total. The van der Waals surface area contributed by atoms with Crippen LogP contribution in [0.2, 0.25) is 0 Å². The average Bonchev–Trinajstić information content (AvgIpc) is 3.15. The Labute approximate surface area is 208 Å². The number of carbonyl (C=O) groups is 1. The Morgan fingerprint density at radius 2 is 1.91 bits per heavy atom. The van der Waals surface area contributed by atoms with Crippen molar-refractivity contribution < 1.29 is 4.79 Å². The van der Waals surface area contributed by atoms with Crippen LogP contribution in [-0.4, -0.2) is 21.6 Å². The lowest BCUT2D eigenvalue weighted by atomic mass is 9.65. The zero-order valence-electron chi connectivity index (χ0n) is 19.4. The molecular weight excluding hydrogens is 452 g/mol. The molecule has 35 heavy (non-hydrogen) atoms. The topological polar surface area (TPSA) is 66.9 Å². The molecule has 0 radical (unpaired) electrons. The summed E-state index contributed by atoms with van der Waals surface area (Å²) in [4.78, 5) is 22.9. The second-order valence-corrected chi connectivity index (χ2v) is 10.3. The lowest BCUT2D eigenvalue weighted by Gasteiger charge is -2.36. The summed E-state index contributed by atoms with van der Waals surface area (Å²) in [7, 11) is 0. The number of rotatable bonds is 4. The highest BCUT2D eigenvalue weighted by Gasteiger charge is 2.50. The highest BCUT2D eigenvalue weighted by atomic mass is 32.2. The molecule has 1 aliphatic carbocycles. The first-order chi connectivity index (χ1) is 17.1. The van der Waals surface area contributed by atoms with Gasteiger partial charge >= 0.3 is 0 Å². The third kappa shape index (κ3) is 3.92. The molecule has 5 nitrogen and oxygen atoms in total. The Hall–Kier alpha value is -3.82. The molecule has 0 saturated heterocycles. The number of thioether (sulfide) groups is 1. The van der Waals surface area contributed by atoms with Gasteiger partial charge in [-0.05, 0) is 78.6 Å².